The Morgan fingerprint density at radius 3 is 2.30 bits per heavy atom. The molecule has 5 heteroatoms. The maximum Gasteiger partial charge on any atom is 0.251 e. The van der Waals surface area contributed by atoms with Gasteiger partial charge in [0.05, 0.1) is 0 Å². The second kappa shape index (κ2) is 8.67. The van der Waals surface area contributed by atoms with Gasteiger partial charge in [-0.3, -0.25) is 10.2 Å². The van der Waals surface area contributed by atoms with E-state index in [2.05, 4.69) is 5.32 Å². The topological polar surface area (TPSA) is 88.2 Å². The van der Waals surface area contributed by atoms with Crippen LogP contribution in [0.25, 0.3) is 0 Å². The number of carbonyl (C=O) groups is 1. The number of nitrogen functional groups attached to an aromatic ring is 1. The number of ether oxygens (including phenoxy) is 1. The highest BCUT2D eigenvalue weighted by Crippen LogP contribution is 2.14. The van der Waals surface area contributed by atoms with E-state index >= 15 is 0 Å². The summed E-state index contributed by atoms with van der Waals surface area (Å²) in [5.41, 5.74) is 8.55. The summed E-state index contributed by atoms with van der Waals surface area (Å²) in [5, 5.41) is 10.3. The first-order valence-electron chi connectivity index (χ1n) is 8.60. The molecule has 0 bridgehead atoms. The summed E-state index contributed by atoms with van der Waals surface area (Å²) >= 11 is 0. The maximum absolute atomic E-state index is 12.3. The minimum atomic E-state index is -0.206. The fourth-order valence-electron chi connectivity index (χ4n) is 2.56. The van der Waals surface area contributed by atoms with Gasteiger partial charge in [-0.1, -0.05) is 54.6 Å². The van der Waals surface area contributed by atoms with Crippen LogP contribution in [0.15, 0.2) is 78.9 Å². The van der Waals surface area contributed by atoms with Crippen LogP contribution in [-0.4, -0.2) is 11.7 Å². The minimum absolute atomic E-state index is 0.0595. The lowest BCUT2D eigenvalue weighted by molar-refractivity contribution is 0.0951. The second-order valence-corrected chi connectivity index (χ2v) is 6.10. The van der Waals surface area contributed by atoms with Gasteiger partial charge in [-0.25, -0.2) is 0 Å². The molecule has 0 radical (unpaired) electrons. The number of nitrogens with one attached hydrogen (secondary N) is 2. The van der Waals surface area contributed by atoms with Crippen molar-refractivity contribution in [3.63, 3.8) is 0 Å². The SMILES string of the molecule is N=C(N)c1cccc(C(=O)NCc2ccc(OCc3ccccc3)cc2)c1. The van der Waals surface area contributed by atoms with Crippen molar-refractivity contribution in [3.8, 4) is 5.75 Å². The van der Waals surface area contributed by atoms with Crippen molar-refractivity contribution in [1.29, 1.82) is 5.41 Å². The second-order valence-electron chi connectivity index (χ2n) is 6.10. The van der Waals surface area contributed by atoms with Crippen LogP contribution >= 0.6 is 0 Å². The molecule has 0 saturated carbocycles. The summed E-state index contributed by atoms with van der Waals surface area (Å²) < 4.78 is 5.76. The number of rotatable bonds is 7. The van der Waals surface area contributed by atoms with Crippen molar-refractivity contribution in [2.45, 2.75) is 13.2 Å². The van der Waals surface area contributed by atoms with Gasteiger partial charge >= 0.3 is 0 Å². The van der Waals surface area contributed by atoms with Crippen LogP contribution in [0, 0.1) is 5.41 Å². The summed E-state index contributed by atoms with van der Waals surface area (Å²) in [5.74, 6) is 0.515. The normalized spacial score (nSPS) is 10.2. The van der Waals surface area contributed by atoms with Gasteiger partial charge in [0.25, 0.3) is 5.91 Å². The van der Waals surface area contributed by atoms with Crippen molar-refractivity contribution >= 4 is 11.7 Å². The van der Waals surface area contributed by atoms with Gasteiger partial charge in [-0.2, -0.15) is 0 Å². The number of carbonyl (C=O) groups excluding carboxylic acids is 1. The van der Waals surface area contributed by atoms with Gasteiger partial charge < -0.3 is 15.8 Å². The largest absolute Gasteiger partial charge is 0.489 e. The molecule has 4 N–H and O–H groups in total. The molecule has 0 fully saturated rings. The molecule has 0 spiro atoms. The van der Waals surface area contributed by atoms with Gasteiger partial charge in [-0.15, -0.1) is 0 Å². The van der Waals surface area contributed by atoms with E-state index in [0.717, 1.165) is 16.9 Å². The summed E-state index contributed by atoms with van der Waals surface area (Å²) in [6, 6.07) is 24.3. The van der Waals surface area contributed by atoms with Crippen LogP contribution in [0.2, 0.25) is 0 Å². The highest BCUT2D eigenvalue weighted by atomic mass is 16.5. The Bertz CT molecular complexity index is 922. The third-order valence-electron chi connectivity index (χ3n) is 4.06. The molecule has 0 atom stereocenters. The molecule has 0 aliphatic heterocycles. The van der Waals surface area contributed by atoms with E-state index in [1.807, 2.05) is 54.6 Å². The quantitative estimate of drug-likeness (QED) is 0.446. The standard InChI is InChI=1S/C22H21N3O2/c23-21(24)18-7-4-8-19(13-18)22(26)25-14-16-9-11-20(12-10-16)27-15-17-5-2-1-3-6-17/h1-13H,14-15H2,(H3,23,24)(H,25,26). The summed E-state index contributed by atoms with van der Waals surface area (Å²) in [4.78, 5) is 12.3. The first-order chi connectivity index (χ1) is 13.1. The van der Waals surface area contributed by atoms with E-state index in [-0.39, 0.29) is 11.7 Å². The average molecular weight is 359 g/mol. The first kappa shape index (κ1) is 18.2. The zero-order chi connectivity index (χ0) is 19.1. The Morgan fingerprint density at radius 2 is 1.59 bits per heavy atom. The van der Waals surface area contributed by atoms with Crippen LogP contribution in [0.5, 0.6) is 5.75 Å². The monoisotopic (exact) mass is 359 g/mol. The van der Waals surface area contributed by atoms with Crippen molar-refractivity contribution in [1.82, 2.24) is 5.32 Å². The lowest BCUT2D eigenvalue weighted by Gasteiger charge is -2.09. The number of hydrogen-bond acceptors (Lipinski definition) is 3. The number of amidine groups is 1. The van der Waals surface area contributed by atoms with E-state index in [1.165, 1.54) is 0 Å². The molecule has 0 unspecified atom stereocenters. The highest BCUT2D eigenvalue weighted by Gasteiger charge is 2.07. The number of nitrogens with two attached hydrogens (primary N) is 1. The van der Waals surface area contributed by atoms with E-state index in [1.54, 1.807) is 24.3 Å². The molecule has 136 valence electrons. The number of amides is 1. The van der Waals surface area contributed by atoms with E-state index in [9.17, 15) is 4.79 Å². The van der Waals surface area contributed by atoms with Gasteiger partial charge in [0.2, 0.25) is 0 Å². The van der Waals surface area contributed by atoms with Crippen molar-refractivity contribution in [2.24, 2.45) is 5.73 Å². The number of benzene rings is 3. The molecular weight excluding hydrogens is 338 g/mol. The summed E-state index contributed by atoms with van der Waals surface area (Å²) in [6.07, 6.45) is 0. The molecular formula is C22H21N3O2. The average Bonchev–Trinajstić information content (AvgIpc) is 2.72. The molecule has 0 saturated heterocycles. The Hall–Kier alpha value is -3.60. The predicted molar refractivity (Wildman–Crippen MR) is 106 cm³/mol. The van der Waals surface area contributed by atoms with Gasteiger partial charge in [0.15, 0.2) is 0 Å². The van der Waals surface area contributed by atoms with E-state index in [0.29, 0.717) is 24.3 Å². The highest BCUT2D eigenvalue weighted by molar-refractivity contribution is 5.99. The zero-order valence-corrected chi connectivity index (χ0v) is 14.8. The van der Waals surface area contributed by atoms with Gasteiger partial charge in [0, 0.05) is 17.7 Å². The fraction of sp³-hybridized carbons (Fsp3) is 0.0909. The van der Waals surface area contributed by atoms with E-state index < -0.39 is 0 Å². The van der Waals surface area contributed by atoms with Crippen LogP contribution < -0.4 is 15.8 Å². The van der Waals surface area contributed by atoms with Crippen LogP contribution in [0.4, 0.5) is 0 Å². The molecule has 0 heterocycles. The maximum atomic E-state index is 12.3. The molecule has 3 rings (SSSR count). The molecule has 5 nitrogen and oxygen atoms in total. The molecule has 3 aromatic carbocycles. The fourth-order valence-corrected chi connectivity index (χ4v) is 2.56. The molecule has 0 aliphatic rings. The van der Waals surface area contributed by atoms with Crippen LogP contribution in [0.3, 0.4) is 0 Å². The molecule has 1 amide bonds. The first-order valence-corrected chi connectivity index (χ1v) is 8.60. The number of hydrogen-bond donors (Lipinski definition) is 3. The zero-order valence-electron chi connectivity index (χ0n) is 14.8. The minimum Gasteiger partial charge on any atom is -0.489 e. The Morgan fingerprint density at radius 1 is 0.889 bits per heavy atom. The van der Waals surface area contributed by atoms with Crippen molar-refractivity contribution < 1.29 is 9.53 Å². The predicted octanol–water partition coefficient (Wildman–Crippen LogP) is 3.48. The molecule has 0 aliphatic carbocycles. The summed E-state index contributed by atoms with van der Waals surface area (Å²) in [6.45, 7) is 0.922. The van der Waals surface area contributed by atoms with Gasteiger partial charge in [-0.05, 0) is 35.4 Å². The smallest absolute Gasteiger partial charge is 0.251 e. The lowest BCUT2D eigenvalue weighted by atomic mass is 10.1. The Labute approximate surface area is 158 Å². The van der Waals surface area contributed by atoms with Gasteiger partial charge in [0.1, 0.15) is 18.2 Å². The molecule has 27 heavy (non-hydrogen) atoms. The van der Waals surface area contributed by atoms with Crippen LogP contribution in [-0.2, 0) is 13.2 Å². The van der Waals surface area contributed by atoms with E-state index in [4.69, 9.17) is 15.9 Å². The Kier molecular flexibility index (Phi) is 5.84. The third kappa shape index (κ3) is 5.19. The van der Waals surface area contributed by atoms with Crippen LogP contribution in [0.1, 0.15) is 27.0 Å². The molecule has 0 aromatic heterocycles. The van der Waals surface area contributed by atoms with Crippen molar-refractivity contribution in [3.05, 3.63) is 101 Å². The third-order valence-corrected chi connectivity index (χ3v) is 4.06. The Balaban J connectivity index is 1.53. The van der Waals surface area contributed by atoms with Crippen molar-refractivity contribution in [2.75, 3.05) is 0 Å². The molecule has 3 aromatic rings. The lowest BCUT2D eigenvalue weighted by Crippen LogP contribution is -2.23. The summed E-state index contributed by atoms with van der Waals surface area (Å²) in [7, 11) is 0.